The summed E-state index contributed by atoms with van der Waals surface area (Å²) in [6.45, 7) is 2.56. The quantitative estimate of drug-likeness (QED) is 0.738. The van der Waals surface area contributed by atoms with E-state index in [0.717, 1.165) is 16.9 Å². The molecule has 2 rings (SSSR count). The van der Waals surface area contributed by atoms with Gasteiger partial charge >= 0.3 is 0 Å². The van der Waals surface area contributed by atoms with Crippen LogP contribution in [0.15, 0.2) is 12.1 Å². The van der Waals surface area contributed by atoms with Crippen LogP contribution in [0.25, 0.3) is 11.0 Å². The van der Waals surface area contributed by atoms with Crippen LogP contribution in [0.4, 0.5) is 0 Å². The van der Waals surface area contributed by atoms with Crippen molar-refractivity contribution in [1.82, 2.24) is 9.55 Å². The first kappa shape index (κ1) is 16.1. The second-order valence-electron chi connectivity index (χ2n) is 4.31. The fraction of sp³-hybridized carbons (Fsp3) is 0.462. The zero-order chi connectivity index (χ0) is 14.7. The van der Waals surface area contributed by atoms with Gasteiger partial charge < -0.3 is 4.57 Å². The Balaban J connectivity index is 2.44. The molecular formula is C13H15Cl3N2OS. The molecule has 0 N–H and O–H groups in total. The highest BCUT2D eigenvalue weighted by atomic mass is 35.5. The third kappa shape index (κ3) is 3.48. The summed E-state index contributed by atoms with van der Waals surface area (Å²) in [5, 5.41) is 0.979. The van der Waals surface area contributed by atoms with Crippen molar-refractivity contribution in [2.45, 2.75) is 19.9 Å². The molecule has 0 saturated heterocycles. The highest BCUT2D eigenvalue weighted by Crippen LogP contribution is 2.28. The maximum Gasteiger partial charge on any atom is 0.111 e. The number of aryl methyl sites for hydroxylation is 2. The van der Waals surface area contributed by atoms with Crippen LogP contribution in [0.2, 0.25) is 10.0 Å². The Morgan fingerprint density at radius 3 is 2.65 bits per heavy atom. The number of fused-ring (bicyclic) bond motifs is 1. The van der Waals surface area contributed by atoms with Gasteiger partial charge in [-0.05, 0) is 12.1 Å². The average Bonchev–Trinajstić information content (AvgIpc) is 2.74. The lowest BCUT2D eigenvalue weighted by molar-refractivity contribution is 0.671. The normalized spacial score (nSPS) is 13.0. The first-order valence-corrected chi connectivity index (χ1v) is 9.09. The number of rotatable bonds is 6. The molecule has 110 valence electrons. The molecule has 3 nitrogen and oxygen atoms in total. The third-order valence-electron chi connectivity index (χ3n) is 3.05. The van der Waals surface area contributed by atoms with Crippen LogP contribution in [-0.4, -0.2) is 31.1 Å². The minimum Gasteiger partial charge on any atom is -0.327 e. The van der Waals surface area contributed by atoms with Gasteiger partial charge in [-0.15, -0.1) is 11.6 Å². The first-order chi connectivity index (χ1) is 9.56. The molecule has 1 unspecified atom stereocenters. The van der Waals surface area contributed by atoms with E-state index in [1.54, 1.807) is 12.1 Å². The topological polar surface area (TPSA) is 34.9 Å². The fourth-order valence-corrected chi connectivity index (χ4v) is 3.19. The van der Waals surface area contributed by atoms with Crippen molar-refractivity contribution in [1.29, 1.82) is 0 Å². The second-order valence-corrected chi connectivity index (χ2v) is 7.36. The number of alkyl halides is 1. The molecule has 0 saturated carbocycles. The van der Waals surface area contributed by atoms with E-state index in [-0.39, 0.29) is 0 Å². The van der Waals surface area contributed by atoms with E-state index in [1.807, 2.05) is 11.5 Å². The largest absolute Gasteiger partial charge is 0.327 e. The molecular weight excluding hydrogens is 339 g/mol. The van der Waals surface area contributed by atoms with Crippen molar-refractivity contribution in [2.75, 3.05) is 17.4 Å². The summed E-state index contributed by atoms with van der Waals surface area (Å²) in [4.78, 5) is 4.54. The molecule has 0 radical (unpaired) electrons. The monoisotopic (exact) mass is 352 g/mol. The molecule has 7 heteroatoms. The van der Waals surface area contributed by atoms with Crippen LogP contribution in [0.3, 0.4) is 0 Å². The molecule has 0 aliphatic heterocycles. The summed E-state index contributed by atoms with van der Waals surface area (Å²) in [6, 6.07) is 3.56. The van der Waals surface area contributed by atoms with Gasteiger partial charge in [0.1, 0.15) is 5.82 Å². The van der Waals surface area contributed by atoms with Gasteiger partial charge in [0.15, 0.2) is 0 Å². The summed E-state index contributed by atoms with van der Waals surface area (Å²) in [7, 11) is -0.817. The Morgan fingerprint density at radius 2 is 2.00 bits per heavy atom. The van der Waals surface area contributed by atoms with Crippen molar-refractivity contribution < 1.29 is 4.21 Å². The Morgan fingerprint density at radius 1 is 1.30 bits per heavy atom. The van der Waals surface area contributed by atoms with Gasteiger partial charge in [-0.2, -0.15) is 0 Å². The van der Waals surface area contributed by atoms with E-state index in [0.29, 0.717) is 40.4 Å². The Labute approximate surface area is 135 Å². The number of aromatic nitrogens is 2. The first-order valence-electron chi connectivity index (χ1n) is 6.32. The van der Waals surface area contributed by atoms with Crippen LogP contribution in [0, 0.1) is 0 Å². The van der Waals surface area contributed by atoms with E-state index in [1.165, 1.54) is 0 Å². The van der Waals surface area contributed by atoms with Crippen molar-refractivity contribution in [3.63, 3.8) is 0 Å². The summed E-state index contributed by atoms with van der Waals surface area (Å²) < 4.78 is 13.7. The van der Waals surface area contributed by atoms with E-state index in [9.17, 15) is 4.21 Å². The molecule has 1 atom stereocenters. The molecule has 1 heterocycles. The molecule has 2 aromatic rings. The maximum atomic E-state index is 11.6. The van der Waals surface area contributed by atoms with Gasteiger partial charge in [0.2, 0.25) is 0 Å². The van der Waals surface area contributed by atoms with Crippen molar-refractivity contribution >= 4 is 56.6 Å². The van der Waals surface area contributed by atoms with Crippen molar-refractivity contribution in [2.24, 2.45) is 0 Å². The summed E-state index contributed by atoms with van der Waals surface area (Å²) in [6.07, 6.45) is 0.657. The van der Waals surface area contributed by atoms with Crippen LogP contribution >= 0.6 is 34.8 Å². The van der Waals surface area contributed by atoms with Crippen molar-refractivity contribution in [3.05, 3.63) is 28.0 Å². The van der Waals surface area contributed by atoms with E-state index < -0.39 is 10.8 Å². The van der Waals surface area contributed by atoms with E-state index in [4.69, 9.17) is 34.8 Å². The van der Waals surface area contributed by atoms with Crippen LogP contribution in [-0.2, 0) is 23.8 Å². The minimum atomic E-state index is -0.817. The lowest BCUT2D eigenvalue weighted by Crippen LogP contribution is -2.12. The number of nitrogens with zero attached hydrogens (tertiary/aromatic N) is 2. The standard InChI is InChI=1S/C13H15Cl3N2OS/c1-2-20(19)6-5-18-12-8-10(16)9(15)7-11(12)17-13(18)3-4-14/h7-8H,2-6H2,1H3. The summed E-state index contributed by atoms with van der Waals surface area (Å²) in [5.41, 5.74) is 1.70. The number of benzene rings is 1. The number of imidazole rings is 1. The molecule has 0 aliphatic rings. The summed E-state index contributed by atoms with van der Waals surface area (Å²) in [5.74, 6) is 2.62. The van der Waals surface area contributed by atoms with Gasteiger partial charge in [-0.3, -0.25) is 4.21 Å². The molecule has 0 fully saturated rings. The Bertz CT molecular complexity index is 642. The highest BCUT2D eigenvalue weighted by molar-refractivity contribution is 7.84. The molecule has 20 heavy (non-hydrogen) atoms. The predicted molar refractivity (Wildman–Crippen MR) is 87.7 cm³/mol. The Kier molecular flexibility index (Phi) is 5.73. The number of halogens is 3. The van der Waals surface area contributed by atoms with Crippen LogP contribution < -0.4 is 0 Å². The lowest BCUT2D eigenvalue weighted by Gasteiger charge is -2.08. The molecule has 0 amide bonds. The van der Waals surface area contributed by atoms with E-state index in [2.05, 4.69) is 4.98 Å². The van der Waals surface area contributed by atoms with Crippen molar-refractivity contribution in [3.8, 4) is 0 Å². The second kappa shape index (κ2) is 7.12. The molecule has 0 aliphatic carbocycles. The zero-order valence-corrected chi connectivity index (χ0v) is 14.1. The zero-order valence-electron chi connectivity index (χ0n) is 11.0. The third-order valence-corrected chi connectivity index (χ3v) is 5.24. The molecule has 0 bridgehead atoms. The van der Waals surface area contributed by atoms with Crippen LogP contribution in [0.5, 0.6) is 0 Å². The average molecular weight is 354 g/mol. The maximum absolute atomic E-state index is 11.6. The van der Waals surface area contributed by atoms with Crippen LogP contribution in [0.1, 0.15) is 12.7 Å². The van der Waals surface area contributed by atoms with Gasteiger partial charge in [-0.1, -0.05) is 30.1 Å². The van der Waals surface area contributed by atoms with Gasteiger partial charge in [0, 0.05) is 41.2 Å². The smallest absolute Gasteiger partial charge is 0.111 e. The highest BCUT2D eigenvalue weighted by Gasteiger charge is 2.13. The summed E-state index contributed by atoms with van der Waals surface area (Å²) >= 11 is 17.9. The number of hydrogen-bond acceptors (Lipinski definition) is 2. The Hall–Kier alpha value is -0.290. The predicted octanol–water partition coefficient (Wildman–Crippen LogP) is 3.89. The fourth-order valence-electron chi connectivity index (χ4n) is 2.03. The van der Waals surface area contributed by atoms with Gasteiger partial charge in [0.05, 0.1) is 21.1 Å². The molecule has 1 aromatic carbocycles. The van der Waals surface area contributed by atoms with Gasteiger partial charge in [0.25, 0.3) is 0 Å². The lowest BCUT2D eigenvalue weighted by atomic mass is 10.3. The van der Waals surface area contributed by atoms with E-state index >= 15 is 0 Å². The molecule has 0 spiro atoms. The number of hydrogen-bond donors (Lipinski definition) is 0. The molecule has 1 aromatic heterocycles. The van der Waals surface area contributed by atoms with Gasteiger partial charge in [-0.25, -0.2) is 4.98 Å². The SMILES string of the molecule is CCS(=O)CCn1c(CCCl)nc2cc(Cl)c(Cl)cc21. The minimum absolute atomic E-state index is 0.485.